The molecule has 1 aromatic carbocycles. The smallest absolute Gasteiger partial charge is 0.137 e. The van der Waals surface area contributed by atoms with Crippen molar-refractivity contribution < 1.29 is 4.74 Å². The number of nitrogens with two attached hydrogens (primary N) is 1. The molecule has 0 amide bonds. The maximum atomic E-state index is 6.30. The molecule has 0 aliphatic heterocycles. The fraction of sp³-hybridized carbons (Fsp3) is 0.267. The summed E-state index contributed by atoms with van der Waals surface area (Å²) in [5.74, 6) is 6.43. The molecule has 3 N–H and O–H groups in total. The van der Waals surface area contributed by atoms with E-state index in [1.165, 1.54) is 0 Å². The fourth-order valence-corrected chi connectivity index (χ4v) is 2.78. The van der Waals surface area contributed by atoms with Gasteiger partial charge in [-0.15, -0.1) is 0 Å². The topological polar surface area (TPSA) is 60.2 Å². The van der Waals surface area contributed by atoms with Crippen molar-refractivity contribution in [1.82, 2.24) is 10.4 Å². The summed E-state index contributed by atoms with van der Waals surface area (Å²) in [5.41, 5.74) is 4.57. The molecule has 6 heteroatoms. The number of rotatable bonds is 6. The second kappa shape index (κ2) is 7.75. The van der Waals surface area contributed by atoms with E-state index < -0.39 is 0 Å². The SMILES string of the molecule is CCCOc1cncc(C(NN)c2ccc(Br)cc2Cl)c1. The predicted octanol–water partition coefficient (Wildman–Crippen LogP) is 3.84. The summed E-state index contributed by atoms with van der Waals surface area (Å²) in [7, 11) is 0. The zero-order valence-corrected chi connectivity index (χ0v) is 14.0. The molecule has 1 atom stereocenters. The number of hydrogen-bond donors (Lipinski definition) is 2. The minimum atomic E-state index is -0.247. The van der Waals surface area contributed by atoms with Gasteiger partial charge in [0, 0.05) is 15.7 Å². The Hall–Kier alpha value is -1.14. The van der Waals surface area contributed by atoms with Crippen LogP contribution in [0, 0.1) is 0 Å². The summed E-state index contributed by atoms with van der Waals surface area (Å²) >= 11 is 9.69. The fourth-order valence-electron chi connectivity index (χ4n) is 1.99. The van der Waals surface area contributed by atoms with Gasteiger partial charge in [0.15, 0.2) is 0 Å². The van der Waals surface area contributed by atoms with Gasteiger partial charge in [0.25, 0.3) is 0 Å². The number of hydrogen-bond acceptors (Lipinski definition) is 4. The van der Waals surface area contributed by atoms with Gasteiger partial charge >= 0.3 is 0 Å². The number of benzene rings is 1. The van der Waals surface area contributed by atoms with Crippen molar-refractivity contribution in [2.45, 2.75) is 19.4 Å². The number of nitrogens with zero attached hydrogens (tertiary/aromatic N) is 1. The van der Waals surface area contributed by atoms with E-state index in [1.54, 1.807) is 12.4 Å². The molecule has 0 bridgehead atoms. The third kappa shape index (κ3) is 4.17. The van der Waals surface area contributed by atoms with Gasteiger partial charge in [-0.3, -0.25) is 10.8 Å². The normalized spacial score (nSPS) is 12.2. The van der Waals surface area contributed by atoms with Crippen molar-refractivity contribution in [2.75, 3.05) is 6.61 Å². The largest absolute Gasteiger partial charge is 0.492 e. The monoisotopic (exact) mass is 369 g/mol. The first kappa shape index (κ1) is 16.2. The van der Waals surface area contributed by atoms with Crippen LogP contribution in [0.2, 0.25) is 5.02 Å². The Bertz CT molecular complexity index is 609. The summed E-state index contributed by atoms with van der Waals surface area (Å²) in [5, 5.41) is 0.632. The zero-order valence-electron chi connectivity index (χ0n) is 11.6. The standard InChI is InChI=1S/C15H17BrClN3O/c1-2-5-21-12-6-10(8-19-9-12)15(20-18)13-4-3-11(16)7-14(13)17/h3-4,6-9,15,20H,2,5,18H2,1H3. The van der Waals surface area contributed by atoms with E-state index in [4.69, 9.17) is 22.2 Å². The molecule has 112 valence electrons. The highest BCUT2D eigenvalue weighted by molar-refractivity contribution is 9.10. The minimum absolute atomic E-state index is 0.247. The van der Waals surface area contributed by atoms with E-state index in [1.807, 2.05) is 24.3 Å². The van der Waals surface area contributed by atoms with Gasteiger partial charge in [0.2, 0.25) is 0 Å². The Kier molecular flexibility index (Phi) is 5.99. The predicted molar refractivity (Wildman–Crippen MR) is 88.3 cm³/mol. The molecule has 4 nitrogen and oxygen atoms in total. The summed E-state index contributed by atoms with van der Waals surface area (Å²) in [6.45, 7) is 2.72. The lowest BCUT2D eigenvalue weighted by Gasteiger charge is -2.18. The quantitative estimate of drug-likeness (QED) is 0.599. The molecule has 2 rings (SSSR count). The lowest BCUT2D eigenvalue weighted by atomic mass is 10.0. The van der Waals surface area contributed by atoms with Crippen LogP contribution in [0.25, 0.3) is 0 Å². The Labute approximate surface area is 137 Å². The van der Waals surface area contributed by atoms with E-state index in [9.17, 15) is 0 Å². The molecular formula is C15H17BrClN3O. The lowest BCUT2D eigenvalue weighted by molar-refractivity contribution is 0.315. The van der Waals surface area contributed by atoms with Gasteiger partial charge in [-0.25, -0.2) is 5.43 Å². The van der Waals surface area contributed by atoms with Gasteiger partial charge in [-0.1, -0.05) is 40.5 Å². The van der Waals surface area contributed by atoms with E-state index >= 15 is 0 Å². The van der Waals surface area contributed by atoms with Gasteiger partial charge in [0.1, 0.15) is 5.75 Å². The van der Waals surface area contributed by atoms with E-state index in [-0.39, 0.29) is 6.04 Å². The highest BCUT2D eigenvalue weighted by atomic mass is 79.9. The molecule has 0 aliphatic carbocycles. The number of halogens is 2. The average Bonchev–Trinajstić information content (AvgIpc) is 2.48. The van der Waals surface area contributed by atoms with Crippen molar-refractivity contribution in [2.24, 2.45) is 5.84 Å². The lowest BCUT2D eigenvalue weighted by Crippen LogP contribution is -2.29. The summed E-state index contributed by atoms with van der Waals surface area (Å²) < 4.78 is 6.53. The highest BCUT2D eigenvalue weighted by Gasteiger charge is 2.17. The van der Waals surface area contributed by atoms with Crippen molar-refractivity contribution >= 4 is 27.5 Å². The Balaban J connectivity index is 2.32. The van der Waals surface area contributed by atoms with Crippen molar-refractivity contribution in [3.8, 4) is 5.75 Å². The number of nitrogens with one attached hydrogen (secondary N) is 1. The van der Waals surface area contributed by atoms with Crippen LogP contribution in [0.15, 0.2) is 41.1 Å². The maximum absolute atomic E-state index is 6.30. The van der Waals surface area contributed by atoms with Crippen LogP contribution >= 0.6 is 27.5 Å². The molecular weight excluding hydrogens is 354 g/mol. The van der Waals surface area contributed by atoms with Crippen LogP contribution in [-0.2, 0) is 0 Å². The van der Waals surface area contributed by atoms with Gasteiger partial charge < -0.3 is 4.74 Å². The average molecular weight is 371 g/mol. The van der Waals surface area contributed by atoms with Crippen molar-refractivity contribution in [1.29, 1.82) is 0 Å². The molecule has 1 unspecified atom stereocenters. The van der Waals surface area contributed by atoms with Crippen LogP contribution in [0.3, 0.4) is 0 Å². The van der Waals surface area contributed by atoms with Gasteiger partial charge in [-0.2, -0.15) is 0 Å². The van der Waals surface area contributed by atoms with Crippen LogP contribution in [0.1, 0.15) is 30.5 Å². The number of aromatic nitrogens is 1. The Morgan fingerprint density at radius 2 is 2.19 bits per heavy atom. The first-order valence-corrected chi connectivity index (χ1v) is 7.81. The van der Waals surface area contributed by atoms with Crippen LogP contribution in [-0.4, -0.2) is 11.6 Å². The summed E-state index contributed by atoms with van der Waals surface area (Å²) in [6.07, 6.45) is 4.39. The summed E-state index contributed by atoms with van der Waals surface area (Å²) in [4.78, 5) is 4.21. The maximum Gasteiger partial charge on any atom is 0.137 e. The van der Waals surface area contributed by atoms with Crippen LogP contribution in [0.5, 0.6) is 5.75 Å². The first-order chi connectivity index (χ1) is 10.2. The number of hydrazine groups is 1. The number of ether oxygens (including phenoxy) is 1. The van der Waals surface area contributed by atoms with E-state index in [0.29, 0.717) is 11.6 Å². The van der Waals surface area contributed by atoms with Crippen LogP contribution < -0.4 is 16.0 Å². The molecule has 21 heavy (non-hydrogen) atoms. The molecule has 2 aromatic rings. The van der Waals surface area contributed by atoms with Gasteiger partial charge in [0.05, 0.1) is 18.8 Å². The van der Waals surface area contributed by atoms with E-state index in [0.717, 1.165) is 27.8 Å². The third-order valence-electron chi connectivity index (χ3n) is 2.98. The Morgan fingerprint density at radius 1 is 1.38 bits per heavy atom. The molecule has 0 spiro atoms. The number of pyridine rings is 1. The molecule has 0 radical (unpaired) electrons. The van der Waals surface area contributed by atoms with Gasteiger partial charge in [-0.05, 0) is 35.7 Å². The third-order valence-corrected chi connectivity index (χ3v) is 3.80. The van der Waals surface area contributed by atoms with Crippen LogP contribution in [0.4, 0.5) is 0 Å². The van der Waals surface area contributed by atoms with Crippen molar-refractivity contribution in [3.63, 3.8) is 0 Å². The molecule has 0 saturated heterocycles. The molecule has 1 aromatic heterocycles. The van der Waals surface area contributed by atoms with E-state index in [2.05, 4.69) is 33.3 Å². The molecule has 0 fully saturated rings. The van der Waals surface area contributed by atoms with Crippen molar-refractivity contribution in [3.05, 3.63) is 57.3 Å². The first-order valence-electron chi connectivity index (χ1n) is 6.64. The highest BCUT2D eigenvalue weighted by Crippen LogP contribution is 2.31. The minimum Gasteiger partial charge on any atom is -0.492 e. The Morgan fingerprint density at radius 3 is 2.86 bits per heavy atom. The summed E-state index contributed by atoms with van der Waals surface area (Å²) in [6, 6.07) is 7.37. The molecule has 0 aliphatic rings. The zero-order chi connectivity index (χ0) is 15.2. The molecule has 0 saturated carbocycles. The second-order valence-electron chi connectivity index (χ2n) is 4.57. The second-order valence-corrected chi connectivity index (χ2v) is 5.89. The molecule has 1 heterocycles.